The quantitative estimate of drug-likeness (QED) is 0.880. The van der Waals surface area contributed by atoms with Crippen molar-refractivity contribution >= 4 is 0 Å². The van der Waals surface area contributed by atoms with Gasteiger partial charge in [-0.25, -0.2) is 4.39 Å². The number of aromatic nitrogens is 2. The van der Waals surface area contributed by atoms with Crippen molar-refractivity contribution in [2.24, 2.45) is 0 Å². The van der Waals surface area contributed by atoms with Crippen LogP contribution in [0.4, 0.5) is 4.39 Å². The fourth-order valence-corrected chi connectivity index (χ4v) is 1.90. The zero-order valence-corrected chi connectivity index (χ0v) is 11.8. The van der Waals surface area contributed by atoms with E-state index in [1.165, 1.54) is 13.2 Å². The van der Waals surface area contributed by atoms with Gasteiger partial charge >= 0.3 is 0 Å². The maximum atomic E-state index is 13.3. The molecule has 0 bridgehead atoms. The summed E-state index contributed by atoms with van der Waals surface area (Å²) in [6.45, 7) is 4.49. The van der Waals surface area contributed by atoms with Gasteiger partial charge in [-0.2, -0.15) is 4.98 Å². The molecule has 0 saturated heterocycles. The Labute approximate surface area is 117 Å². The fourth-order valence-electron chi connectivity index (χ4n) is 1.90. The number of nitrogens with zero attached hydrogens (tertiary/aromatic N) is 2. The van der Waals surface area contributed by atoms with Gasteiger partial charge in [-0.1, -0.05) is 11.2 Å². The summed E-state index contributed by atoms with van der Waals surface area (Å²) < 4.78 is 23.3. The van der Waals surface area contributed by atoms with E-state index in [0.29, 0.717) is 24.7 Å². The number of ether oxygens (including phenoxy) is 1. The third-order valence-corrected chi connectivity index (χ3v) is 3.03. The molecule has 1 unspecified atom stereocenters. The number of methoxy groups -OCH3 is 1. The highest BCUT2D eigenvalue weighted by atomic mass is 19.1. The van der Waals surface area contributed by atoms with Gasteiger partial charge in [-0.3, -0.25) is 0 Å². The Balaban J connectivity index is 1.89. The first-order valence-electron chi connectivity index (χ1n) is 6.46. The molecule has 0 amide bonds. The molecular weight excluding hydrogens is 261 g/mol. The molecule has 1 aromatic heterocycles. The predicted molar refractivity (Wildman–Crippen MR) is 72.1 cm³/mol. The van der Waals surface area contributed by atoms with E-state index in [4.69, 9.17) is 9.26 Å². The summed E-state index contributed by atoms with van der Waals surface area (Å²) in [5, 5.41) is 7.05. The minimum Gasteiger partial charge on any atom is -0.494 e. The summed E-state index contributed by atoms with van der Waals surface area (Å²) in [5.74, 6) is 1.14. The third kappa shape index (κ3) is 3.54. The van der Waals surface area contributed by atoms with Crippen molar-refractivity contribution in [3.63, 3.8) is 0 Å². The first kappa shape index (κ1) is 14.5. The van der Waals surface area contributed by atoms with Crippen LogP contribution in [0.2, 0.25) is 0 Å². The molecule has 0 fully saturated rings. The zero-order chi connectivity index (χ0) is 14.5. The van der Waals surface area contributed by atoms with E-state index in [-0.39, 0.29) is 17.6 Å². The Bertz CT molecular complexity index is 571. The average Bonchev–Trinajstić information content (AvgIpc) is 2.85. The van der Waals surface area contributed by atoms with Gasteiger partial charge in [0.25, 0.3) is 0 Å². The van der Waals surface area contributed by atoms with Gasteiger partial charge in [0, 0.05) is 19.0 Å². The van der Waals surface area contributed by atoms with Crippen molar-refractivity contribution in [3.8, 4) is 5.75 Å². The number of rotatable bonds is 6. The SMILES string of the molecule is COc1cc(C(C)NCCc2nc(C)no2)ccc1F. The van der Waals surface area contributed by atoms with E-state index in [1.807, 2.05) is 6.92 Å². The number of nitrogens with one attached hydrogen (secondary N) is 1. The van der Waals surface area contributed by atoms with E-state index < -0.39 is 0 Å². The van der Waals surface area contributed by atoms with Crippen molar-refractivity contribution in [2.75, 3.05) is 13.7 Å². The van der Waals surface area contributed by atoms with Gasteiger partial charge < -0.3 is 14.6 Å². The molecule has 0 spiro atoms. The lowest BCUT2D eigenvalue weighted by molar-refractivity contribution is 0.369. The smallest absolute Gasteiger partial charge is 0.227 e. The molecule has 0 aliphatic rings. The van der Waals surface area contributed by atoms with E-state index >= 15 is 0 Å². The number of halogens is 1. The monoisotopic (exact) mass is 279 g/mol. The van der Waals surface area contributed by atoms with Crippen molar-refractivity contribution in [3.05, 3.63) is 41.3 Å². The van der Waals surface area contributed by atoms with Crippen LogP contribution in [0.3, 0.4) is 0 Å². The first-order chi connectivity index (χ1) is 9.60. The Hall–Kier alpha value is -1.95. The molecule has 108 valence electrons. The number of aryl methyl sites for hydroxylation is 1. The van der Waals surface area contributed by atoms with Crippen LogP contribution in [0, 0.1) is 12.7 Å². The first-order valence-corrected chi connectivity index (χ1v) is 6.46. The highest BCUT2D eigenvalue weighted by Crippen LogP contribution is 2.22. The van der Waals surface area contributed by atoms with Crippen molar-refractivity contribution in [2.45, 2.75) is 26.3 Å². The average molecular weight is 279 g/mol. The number of benzene rings is 1. The normalized spacial score (nSPS) is 12.4. The van der Waals surface area contributed by atoms with Gasteiger partial charge in [0.2, 0.25) is 5.89 Å². The second kappa shape index (κ2) is 6.47. The van der Waals surface area contributed by atoms with Crippen LogP contribution in [-0.2, 0) is 6.42 Å². The maximum Gasteiger partial charge on any atom is 0.227 e. The molecule has 2 rings (SSSR count). The van der Waals surface area contributed by atoms with Gasteiger partial charge in [-0.15, -0.1) is 0 Å². The van der Waals surface area contributed by atoms with Crippen LogP contribution in [0.1, 0.15) is 30.2 Å². The lowest BCUT2D eigenvalue weighted by atomic mass is 10.1. The predicted octanol–water partition coefficient (Wildman–Crippen LogP) is 2.42. The van der Waals surface area contributed by atoms with Gasteiger partial charge in [0.1, 0.15) is 0 Å². The summed E-state index contributed by atoms with van der Waals surface area (Å²) in [7, 11) is 1.46. The lowest BCUT2D eigenvalue weighted by Crippen LogP contribution is -2.21. The summed E-state index contributed by atoms with van der Waals surface area (Å²) in [6, 6.07) is 4.93. The van der Waals surface area contributed by atoms with Crippen LogP contribution in [0.15, 0.2) is 22.7 Å². The molecule has 6 heteroatoms. The van der Waals surface area contributed by atoms with Crippen LogP contribution in [0.5, 0.6) is 5.75 Å². The molecule has 0 saturated carbocycles. The highest BCUT2D eigenvalue weighted by molar-refractivity contribution is 5.31. The molecule has 2 aromatic rings. The van der Waals surface area contributed by atoms with Crippen molar-refractivity contribution < 1.29 is 13.7 Å². The Morgan fingerprint density at radius 2 is 2.25 bits per heavy atom. The minimum absolute atomic E-state index is 0.0773. The standard InChI is InChI=1S/C14H18FN3O2/c1-9(11-4-5-12(15)13(8-11)19-3)16-7-6-14-17-10(2)18-20-14/h4-5,8-9,16H,6-7H2,1-3H3. The number of hydrogen-bond acceptors (Lipinski definition) is 5. The van der Waals surface area contributed by atoms with Gasteiger partial charge in [0.15, 0.2) is 17.4 Å². The Kier molecular flexibility index (Phi) is 4.68. The molecule has 5 nitrogen and oxygen atoms in total. The molecule has 0 aliphatic heterocycles. The van der Waals surface area contributed by atoms with E-state index in [9.17, 15) is 4.39 Å². The van der Waals surface area contributed by atoms with E-state index in [1.54, 1.807) is 19.1 Å². The molecular formula is C14H18FN3O2. The summed E-state index contributed by atoms with van der Waals surface area (Å²) in [6.07, 6.45) is 0.656. The molecule has 0 aliphatic carbocycles. The maximum absolute atomic E-state index is 13.3. The topological polar surface area (TPSA) is 60.2 Å². The zero-order valence-electron chi connectivity index (χ0n) is 11.8. The second-order valence-corrected chi connectivity index (χ2v) is 4.56. The molecule has 20 heavy (non-hydrogen) atoms. The molecule has 1 N–H and O–H groups in total. The largest absolute Gasteiger partial charge is 0.494 e. The fraction of sp³-hybridized carbons (Fsp3) is 0.429. The van der Waals surface area contributed by atoms with Crippen LogP contribution < -0.4 is 10.1 Å². The van der Waals surface area contributed by atoms with Crippen LogP contribution in [0.25, 0.3) is 0 Å². The minimum atomic E-state index is -0.357. The molecule has 0 radical (unpaired) electrons. The van der Waals surface area contributed by atoms with Gasteiger partial charge in [0.05, 0.1) is 7.11 Å². The van der Waals surface area contributed by atoms with E-state index in [2.05, 4.69) is 15.5 Å². The number of hydrogen-bond donors (Lipinski definition) is 1. The highest BCUT2D eigenvalue weighted by Gasteiger charge is 2.10. The van der Waals surface area contributed by atoms with E-state index in [0.717, 1.165) is 5.56 Å². The molecule has 1 heterocycles. The van der Waals surface area contributed by atoms with Crippen molar-refractivity contribution in [1.29, 1.82) is 0 Å². The third-order valence-electron chi connectivity index (χ3n) is 3.03. The summed E-state index contributed by atoms with van der Waals surface area (Å²) in [5.41, 5.74) is 0.963. The summed E-state index contributed by atoms with van der Waals surface area (Å²) in [4.78, 5) is 4.13. The van der Waals surface area contributed by atoms with Gasteiger partial charge in [-0.05, 0) is 31.5 Å². The molecule has 1 atom stereocenters. The lowest BCUT2D eigenvalue weighted by Gasteiger charge is -2.14. The molecule has 1 aromatic carbocycles. The summed E-state index contributed by atoms with van der Waals surface area (Å²) >= 11 is 0. The van der Waals surface area contributed by atoms with Crippen molar-refractivity contribution in [1.82, 2.24) is 15.5 Å². The Morgan fingerprint density at radius 1 is 1.45 bits per heavy atom. The van der Waals surface area contributed by atoms with Crippen LogP contribution in [-0.4, -0.2) is 23.8 Å². The van der Waals surface area contributed by atoms with Crippen LogP contribution >= 0.6 is 0 Å². The second-order valence-electron chi connectivity index (χ2n) is 4.56. The Morgan fingerprint density at radius 3 is 2.90 bits per heavy atom.